The van der Waals surface area contributed by atoms with Gasteiger partial charge in [-0.25, -0.2) is 4.79 Å². The summed E-state index contributed by atoms with van der Waals surface area (Å²) in [7, 11) is 0. The summed E-state index contributed by atoms with van der Waals surface area (Å²) in [5.74, 6) is 0.383. The van der Waals surface area contributed by atoms with Crippen molar-refractivity contribution in [2.24, 2.45) is 5.92 Å². The Morgan fingerprint density at radius 1 is 0.955 bits per heavy atom. The fourth-order valence-electron chi connectivity index (χ4n) is 5.99. The zero-order valence-electron chi connectivity index (χ0n) is 24.4. The summed E-state index contributed by atoms with van der Waals surface area (Å²) in [5.41, 5.74) is 3.70. The molecule has 10 nitrogen and oxygen atoms in total. The smallest absolute Gasteiger partial charge is 0.409 e. The van der Waals surface area contributed by atoms with Crippen molar-refractivity contribution in [3.05, 3.63) is 94.3 Å². The van der Waals surface area contributed by atoms with E-state index >= 15 is 0 Å². The molecule has 1 saturated carbocycles. The van der Waals surface area contributed by atoms with Crippen molar-refractivity contribution in [2.45, 2.75) is 50.7 Å². The van der Waals surface area contributed by atoms with Crippen LogP contribution in [0.25, 0.3) is 22.0 Å². The number of pyridine rings is 1. The Labute approximate surface area is 255 Å². The Balaban J connectivity index is 1.05. The molecular weight excluding hydrogens is 560 g/mol. The number of H-pyrrole nitrogens is 1. The van der Waals surface area contributed by atoms with Gasteiger partial charge in [0.05, 0.1) is 17.3 Å². The van der Waals surface area contributed by atoms with Gasteiger partial charge in [-0.3, -0.25) is 14.9 Å². The third-order valence-electron chi connectivity index (χ3n) is 8.30. The molecule has 10 heteroatoms. The van der Waals surface area contributed by atoms with E-state index in [1.807, 2.05) is 42.5 Å². The van der Waals surface area contributed by atoms with E-state index in [4.69, 9.17) is 0 Å². The quantitative estimate of drug-likeness (QED) is 0.129. The molecule has 0 spiro atoms. The van der Waals surface area contributed by atoms with Crippen LogP contribution in [0, 0.1) is 5.92 Å². The number of benzene rings is 3. The first-order valence-corrected chi connectivity index (χ1v) is 15.0. The maximum Gasteiger partial charge on any atom is 0.409 e. The molecule has 4 aromatic rings. The van der Waals surface area contributed by atoms with Crippen molar-refractivity contribution < 1.29 is 24.9 Å². The lowest BCUT2D eigenvalue weighted by Gasteiger charge is -2.29. The summed E-state index contributed by atoms with van der Waals surface area (Å²) >= 11 is 0. The Morgan fingerprint density at radius 3 is 2.48 bits per heavy atom. The van der Waals surface area contributed by atoms with E-state index in [0.29, 0.717) is 47.5 Å². The first kappa shape index (κ1) is 30.8. The van der Waals surface area contributed by atoms with Crippen LogP contribution in [-0.2, 0) is 11.2 Å². The zero-order valence-corrected chi connectivity index (χ0v) is 24.4. The van der Waals surface area contributed by atoms with Gasteiger partial charge in [-0.05, 0) is 79.5 Å². The van der Waals surface area contributed by atoms with Crippen LogP contribution in [0.15, 0.2) is 77.6 Å². The third kappa shape index (κ3) is 7.83. The molecular formula is C34H38N4O6. The maximum atomic E-state index is 12.7. The van der Waals surface area contributed by atoms with Crippen molar-refractivity contribution in [2.75, 3.05) is 18.4 Å². The molecule has 5 rings (SSSR count). The molecule has 3 aromatic carbocycles. The molecule has 7 N–H and O–H groups in total. The van der Waals surface area contributed by atoms with E-state index in [9.17, 15) is 29.7 Å². The number of aliphatic hydroxyl groups excluding tert-OH is 1. The number of anilines is 1. The molecule has 1 atom stereocenters. The number of aromatic amines is 1. The van der Waals surface area contributed by atoms with Gasteiger partial charge < -0.3 is 30.9 Å². The van der Waals surface area contributed by atoms with E-state index in [0.717, 1.165) is 48.9 Å². The molecule has 1 fully saturated rings. The number of hydrogen-bond acceptors (Lipinski definition) is 6. The Bertz CT molecular complexity index is 1660. The van der Waals surface area contributed by atoms with Gasteiger partial charge in [0.1, 0.15) is 5.75 Å². The van der Waals surface area contributed by atoms with Crippen LogP contribution >= 0.6 is 0 Å². The van der Waals surface area contributed by atoms with Crippen LogP contribution in [0.3, 0.4) is 0 Å². The van der Waals surface area contributed by atoms with Crippen LogP contribution in [0.2, 0.25) is 0 Å². The van der Waals surface area contributed by atoms with Gasteiger partial charge in [0.15, 0.2) is 0 Å². The van der Waals surface area contributed by atoms with Gasteiger partial charge in [-0.15, -0.1) is 0 Å². The number of rotatable bonds is 11. The second kappa shape index (κ2) is 14.2. The van der Waals surface area contributed by atoms with Crippen molar-refractivity contribution >= 4 is 28.6 Å². The Kier molecular flexibility index (Phi) is 9.93. The van der Waals surface area contributed by atoms with Crippen LogP contribution in [0.1, 0.15) is 49.3 Å². The predicted octanol–water partition coefficient (Wildman–Crippen LogP) is 4.92. The number of amides is 2. The number of hydrogen-bond donors (Lipinski definition) is 7. The average molecular weight is 599 g/mol. The number of aryl methyl sites for hydroxylation is 1. The van der Waals surface area contributed by atoms with Crippen molar-refractivity contribution in [1.82, 2.24) is 15.6 Å². The van der Waals surface area contributed by atoms with Crippen molar-refractivity contribution in [3.63, 3.8) is 0 Å². The molecule has 44 heavy (non-hydrogen) atoms. The Morgan fingerprint density at radius 2 is 1.73 bits per heavy atom. The van der Waals surface area contributed by atoms with Gasteiger partial charge in [-0.1, -0.05) is 48.5 Å². The lowest BCUT2D eigenvalue weighted by molar-refractivity contribution is -0.122. The number of phenolic OH excluding ortho intramolecular Hbond substituents is 1. The molecule has 1 heterocycles. The molecule has 0 unspecified atom stereocenters. The lowest BCUT2D eigenvalue weighted by Crippen LogP contribution is -2.39. The van der Waals surface area contributed by atoms with Crippen LogP contribution in [-0.4, -0.2) is 51.4 Å². The van der Waals surface area contributed by atoms with Crippen LogP contribution in [0.5, 0.6) is 5.75 Å². The van der Waals surface area contributed by atoms with Crippen LogP contribution in [0.4, 0.5) is 10.5 Å². The number of phenols is 1. The van der Waals surface area contributed by atoms with E-state index in [2.05, 4.69) is 20.9 Å². The minimum atomic E-state index is -1.14. The van der Waals surface area contributed by atoms with E-state index < -0.39 is 12.2 Å². The molecule has 0 saturated heterocycles. The average Bonchev–Trinajstić information content (AvgIpc) is 3.01. The molecule has 0 bridgehead atoms. The number of aromatic hydroxyl groups is 1. The minimum absolute atomic E-state index is 0.0166. The summed E-state index contributed by atoms with van der Waals surface area (Å²) in [6.45, 7) is 1.09. The number of carbonyl (C=O) groups is 2. The van der Waals surface area contributed by atoms with Crippen LogP contribution < -0.4 is 21.5 Å². The van der Waals surface area contributed by atoms with Gasteiger partial charge in [-0.2, -0.15) is 0 Å². The van der Waals surface area contributed by atoms with E-state index in [-0.39, 0.29) is 23.3 Å². The van der Waals surface area contributed by atoms with E-state index in [1.165, 1.54) is 12.1 Å². The summed E-state index contributed by atoms with van der Waals surface area (Å²) < 4.78 is 0. The highest BCUT2D eigenvalue weighted by Gasteiger charge is 2.23. The van der Waals surface area contributed by atoms with Gasteiger partial charge in [0.2, 0.25) is 11.5 Å². The summed E-state index contributed by atoms with van der Waals surface area (Å²) in [5, 5.41) is 39.8. The standard InChI is InChI=1S/C34H38N4O6/c39-29-15-13-26(27-14-17-32(42)38-33(27)29)30(40)20-35-19-22-6-10-24(11-7-22)36-31(41)16-9-21-8-12-25(23-4-2-1-3-5-23)28(18-21)37-34(43)44/h1-5,8,12-15,17-18,22,24,30,35,37,39-40H,6-7,9-11,16,19-20H2,(H,36,41)(H,38,42)(H,43,44)/t22?,24?,30-/m0/s1. The second-order valence-corrected chi connectivity index (χ2v) is 11.4. The molecule has 230 valence electrons. The highest BCUT2D eigenvalue weighted by atomic mass is 16.4. The SMILES string of the molecule is O=C(O)Nc1cc(CCC(=O)NC2CCC(CNC[C@H](O)c3ccc(O)c4[nH]c(=O)ccc34)CC2)ccc1-c1ccccc1. The largest absolute Gasteiger partial charge is 0.506 e. The number of nitrogens with one attached hydrogen (secondary N) is 4. The zero-order chi connectivity index (χ0) is 31.1. The normalized spacial score (nSPS) is 17.2. The van der Waals surface area contributed by atoms with Gasteiger partial charge in [0.25, 0.3) is 0 Å². The monoisotopic (exact) mass is 598 g/mol. The van der Waals surface area contributed by atoms with Crippen molar-refractivity contribution in [1.29, 1.82) is 0 Å². The highest BCUT2D eigenvalue weighted by molar-refractivity contribution is 5.91. The number of carboxylic acid groups (broad SMARTS) is 1. The number of aliphatic hydroxyl groups is 1. The summed E-state index contributed by atoms with van der Waals surface area (Å²) in [4.78, 5) is 38.4. The molecule has 1 aromatic heterocycles. The van der Waals surface area contributed by atoms with Gasteiger partial charge >= 0.3 is 6.09 Å². The fraction of sp³-hybridized carbons (Fsp3) is 0.324. The first-order valence-electron chi connectivity index (χ1n) is 15.0. The van der Waals surface area contributed by atoms with Crippen molar-refractivity contribution in [3.8, 4) is 16.9 Å². The fourth-order valence-corrected chi connectivity index (χ4v) is 5.99. The third-order valence-corrected chi connectivity index (χ3v) is 8.30. The Hall–Kier alpha value is -4.67. The first-order chi connectivity index (χ1) is 21.3. The topological polar surface area (TPSA) is 164 Å². The van der Waals surface area contributed by atoms with E-state index in [1.54, 1.807) is 18.2 Å². The lowest BCUT2D eigenvalue weighted by atomic mass is 9.86. The van der Waals surface area contributed by atoms with Gasteiger partial charge in [0, 0.05) is 36.0 Å². The number of aromatic nitrogens is 1. The highest BCUT2D eigenvalue weighted by Crippen LogP contribution is 2.31. The summed E-state index contributed by atoms with van der Waals surface area (Å²) in [6.07, 6.45) is 2.57. The number of carbonyl (C=O) groups excluding carboxylic acids is 1. The maximum absolute atomic E-state index is 12.7. The second-order valence-electron chi connectivity index (χ2n) is 11.4. The predicted molar refractivity (Wildman–Crippen MR) is 170 cm³/mol. The molecule has 0 radical (unpaired) electrons. The summed E-state index contributed by atoms with van der Waals surface area (Å²) in [6, 6.07) is 21.4. The minimum Gasteiger partial charge on any atom is -0.506 e. The molecule has 1 aliphatic rings. The molecule has 0 aliphatic heterocycles. The number of fused-ring (bicyclic) bond motifs is 1. The molecule has 2 amide bonds. The molecule has 1 aliphatic carbocycles.